The normalized spacial score (nSPS) is 22.0. The summed E-state index contributed by atoms with van der Waals surface area (Å²) in [5.41, 5.74) is 1.28. The first kappa shape index (κ1) is 14.6. The Morgan fingerprint density at radius 1 is 1.43 bits per heavy atom. The van der Waals surface area contributed by atoms with Crippen LogP contribution in [0.2, 0.25) is 0 Å². The van der Waals surface area contributed by atoms with E-state index in [1.54, 1.807) is 7.11 Å². The van der Waals surface area contributed by atoms with Crippen molar-refractivity contribution in [1.82, 2.24) is 14.5 Å². The Morgan fingerprint density at radius 2 is 2.24 bits per heavy atom. The molecule has 5 nitrogen and oxygen atoms in total. The highest BCUT2D eigenvalue weighted by Gasteiger charge is 2.31. The smallest absolute Gasteiger partial charge is 0.224 e. The number of rotatable bonds is 6. The maximum atomic E-state index is 12.0. The summed E-state index contributed by atoms with van der Waals surface area (Å²) in [5.74, 6) is 1.99. The minimum atomic E-state index is 0.223. The van der Waals surface area contributed by atoms with E-state index < -0.39 is 0 Å². The Hall–Kier alpha value is -1.36. The first-order chi connectivity index (χ1) is 10.2. The molecule has 0 radical (unpaired) electrons. The van der Waals surface area contributed by atoms with Crippen LogP contribution in [0.15, 0.2) is 6.20 Å². The number of carbonyl (C=O) groups excluding carboxylic acids is 1. The zero-order valence-corrected chi connectivity index (χ0v) is 13.0. The lowest BCUT2D eigenvalue weighted by Gasteiger charge is -2.17. The van der Waals surface area contributed by atoms with Crippen LogP contribution in [0.4, 0.5) is 0 Å². The van der Waals surface area contributed by atoms with Gasteiger partial charge in [0.1, 0.15) is 5.82 Å². The van der Waals surface area contributed by atoms with Crippen molar-refractivity contribution in [3.05, 3.63) is 17.7 Å². The van der Waals surface area contributed by atoms with Crippen molar-refractivity contribution >= 4 is 5.91 Å². The minimum Gasteiger partial charge on any atom is -0.384 e. The van der Waals surface area contributed by atoms with Crippen molar-refractivity contribution in [1.29, 1.82) is 0 Å². The van der Waals surface area contributed by atoms with Gasteiger partial charge in [-0.1, -0.05) is 0 Å². The molecule has 1 aliphatic carbocycles. The Kier molecular flexibility index (Phi) is 4.29. The van der Waals surface area contributed by atoms with Crippen LogP contribution in [-0.4, -0.2) is 47.2 Å². The predicted molar refractivity (Wildman–Crippen MR) is 80.1 cm³/mol. The predicted octanol–water partition coefficient (Wildman–Crippen LogP) is 1.95. The van der Waals surface area contributed by atoms with Gasteiger partial charge in [-0.05, 0) is 32.1 Å². The van der Waals surface area contributed by atoms with Crippen molar-refractivity contribution < 1.29 is 9.53 Å². The van der Waals surface area contributed by atoms with E-state index in [0.29, 0.717) is 25.0 Å². The summed E-state index contributed by atoms with van der Waals surface area (Å²) in [4.78, 5) is 18.6. The molecule has 0 spiro atoms. The van der Waals surface area contributed by atoms with Crippen molar-refractivity contribution in [3.8, 4) is 0 Å². The number of likely N-dealkylation sites (tertiary alicyclic amines) is 1. The molecule has 116 valence electrons. The van der Waals surface area contributed by atoms with Gasteiger partial charge in [0, 0.05) is 44.6 Å². The molecule has 1 aromatic heterocycles. The number of carbonyl (C=O) groups is 1. The molecular formula is C16H25N3O2. The highest BCUT2D eigenvalue weighted by atomic mass is 16.5. The Labute approximate surface area is 126 Å². The SMILES string of the molecule is COCCC(=O)N1CCC(Cc2ncc(C)n2C2CC2)C1. The molecule has 5 heteroatoms. The molecule has 0 bridgehead atoms. The Balaban J connectivity index is 1.56. The van der Waals surface area contributed by atoms with Crippen LogP contribution in [0, 0.1) is 12.8 Å². The van der Waals surface area contributed by atoms with E-state index >= 15 is 0 Å². The van der Waals surface area contributed by atoms with E-state index in [1.807, 2.05) is 11.1 Å². The molecule has 1 saturated heterocycles. The van der Waals surface area contributed by atoms with Crippen LogP contribution in [0.25, 0.3) is 0 Å². The van der Waals surface area contributed by atoms with E-state index in [4.69, 9.17) is 4.74 Å². The second kappa shape index (κ2) is 6.18. The van der Waals surface area contributed by atoms with Gasteiger partial charge in [0.2, 0.25) is 5.91 Å². The molecule has 2 aliphatic rings. The molecule has 0 aromatic carbocycles. The number of nitrogens with zero attached hydrogens (tertiary/aromatic N) is 3. The highest BCUT2D eigenvalue weighted by Crippen LogP contribution is 2.37. The van der Waals surface area contributed by atoms with Gasteiger partial charge < -0.3 is 14.2 Å². The molecule has 0 N–H and O–H groups in total. The van der Waals surface area contributed by atoms with Crippen molar-refractivity contribution in [3.63, 3.8) is 0 Å². The van der Waals surface area contributed by atoms with Gasteiger partial charge in [0.05, 0.1) is 13.0 Å². The molecule has 1 aromatic rings. The fraction of sp³-hybridized carbons (Fsp3) is 0.750. The average Bonchev–Trinajstić information content (AvgIpc) is 3.08. The molecule has 1 aliphatic heterocycles. The van der Waals surface area contributed by atoms with Crippen molar-refractivity contribution in [2.75, 3.05) is 26.8 Å². The lowest BCUT2D eigenvalue weighted by atomic mass is 10.0. The van der Waals surface area contributed by atoms with Gasteiger partial charge in [-0.2, -0.15) is 0 Å². The van der Waals surface area contributed by atoms with Crippen molar-refractivity contribution in [2.45, 2.75) is 45.1 Å². The zero-order valence-electron chi connectivity index (χ0n) is 13.0. The first-order valence-corrected chi connectivity index (χ1v) is 7.98. The number of ether oxygens (including phenoxy) is 1. The minimum absolute atomic E-state index is 0.223. The van der Waals surface area contributed by atoms with Crippen LogP contribution < -0.4 is 0 Å². The lowest BCUT2D eigenvalue weighted by Crippen LogP contribution is -2.29. The molecule has 2 heterocycles. The van der Waals surface area contributed by atoms with E-state index in [1.165, 1.54) is 24.4 Å². The number of amides is 1. The fourth-order valence-electron chi connectivity index (χ4n) is 3.31. The van der Waals surface area contributed by atoms with Crippen LogP contribution in [0.5, 0.6) is 0 Å². The molecular weight excluding hydrogens is 266 g/mol. The lowest BCUT2D eigenvalue weighted by molar-refractivity contribution is -0.131. The number of methoxy groups -OCH3 is 1. The topological polar surface area (TPSA) is 47.4 Å². The number of imidazole rings is 1. The summed E-state index contributed by atoms with van der Waals surface area (Å²) in [6, 6.07) is 0.684. The molecule has 21 heavy (non-hydrogen) atoms. The van der Waals surface area contributed by atoms with Crippen LogP contribution in [0.1, 0.15) is 43.2 Å². The van der Waals surface area contributed by atoms with E-state index in [0.717, 1.165) is 25.9 Å². The number of hydrogen-bond donors (Lipinski definition) is 0. The molecule has 2 fully saturated rings. The molecule has 1 saturated carbocycles. The Bertz CT molecular complexity index is 508. The van der Waals surface area contributed by atoms with E-state index in [-0.39, 0.29) is 5.91 Å². The third-order valence-corrected chi connectivity index (χ3v) is 4.60. The zero-order chi connectivity index (χ0) is 14.8. The number of aryl methyl sites for hydroxylation is 1. The summed E-state index contributed by atoms with van der Waals surface area (Å²) < 4.78 is 7.40. The average molecular weight is 291 g/mol. The third-order valence-electron chi connectivity index (χ3n) is 4.60. The van der Waals surface area contributed by atoms with Gasteiger partial charge in [0.25, 0.3) is 0 Å². The van der Waals surface area contributed by atoms with Crippen LogP contribution in [0.3, 0.4) is 0 Å². The van der Waals surface area contributed by atoms with Gasteiger partial charge in [-0.3, -0.25) is 4.79 Å². The molecule has 3 rings (SSSR count). The number of aromatic nitrogens is 2. The highest BCUT2D eigenvalue weighted by molar-refractivity contribution is 5.76. The standard InChI is InChI=1S/C16H25N3O2/c1-12-10-17-15(19(12)14-3-4-14)9-13-5-7-18(11-13)16(20)6-8-21-2/h10,13-14H,3-9,11H2,1-2H3. The van der Waals surface area contributed by atoms with Crippen LogP contribution in [-0.2, 0) is 16.0 Å². The quantitative estimate of drug-likeness (QED) is 0.805. The van der Waals surface area contributed by atoms with Crippen molar-refractivity contribution in [2.24, 2.45) is 5.92 Å². The van der Waals surface area contributed by atoms with Gasteiger partial charge >= 0.3 is 0 Å². The fourth-order valence-corrected chi connectivity index (χ4v) is 3.31. The largest absolute Gasteiger partial charge is 0.384 e. The molecule has 1 atom stereocenters. The number of hydrogen-bond acceptors (Lipinski definition) is 3. The summed E-state index contributed by atoms with van der Waals surface area (Å²) in [6.45, 7) is 4.42. The van der Waals surface area contributed by atoms with Gasteiger partial charge in [0.15, 0.2) is 0 Å². The first-order valence-electron chi connectivity index (χ1n) is 7.98. The summed E-state index contributed by atoms with van der Waals surface area (Å²) in [7, 11) is 1.64. The summed E-state index contributed by atoms with van der Waals surface area (Å²) in [6.07, 6.45) is 7.16. The summed E-state index contributed by atoms with van der Waals surface area (Å²) in [5, 5.41) is 0. The second-order valence-electron chi connectivity index (χ2n) is 6.36. The van der Waals surface area contributed by atoms with E-state index in [2.05, 4.69) is 16.5 Å². The van der Waals surface area contributed by atoms with Gasteiger partial charge in [-0.25, -0.2) is 4.98 Å². The second-order valence-corrected chi connectivity index (χ2v) is 6.36. The molecule has 1 unspecified atom stereocenters. The van der Waals surface area contributed by atoms with E-state index in [9.17, 15) is 4.79 Å². The third kappa shape index (κ3) is 3.28. The Morgan fingerprint density at radius 3 is 2.95 bits per heavy atom. The van der Waals surface area contributed by atoms with Crippen LogP contribution >= 0.6 is 0 Å². The monoisotopic (exact) mass is 291 g/mol. The molecule has 1 amide bonds. The maximum Gasteiger partial charge on any atom is 0.224 e. The maximum absolute atomic E-state index is 12.0. The summed E-state index contributed by atoms with van der Waals surface area (Å²) >= 11 is 0. The van der Waals surface area contributed by atoms with Gasteiger partial charge in [-0.15, -0.1) is 0 Å².